The van der Waals surface area contributed by atoms with E-state index < -0.39 is 0 Å². The lowest BCUT2D eigenvalue weighted by Gasteiger charge is -2.43. The van der Waals surface area contributed by atoms with Crippen LogP contribution in [0.25, 0.3) is 0 Å². The largest absolute Gasteiger partial charge is 0.311 e. The summed E-state index contributed by atoms with van der Waals surface area (Å²) in [6.45, 7) is 10.8. The van der Waals surface area contributed by atoms with Crippen LogP contribution in [0.4, 0.5) is 0 Å². The van der Waals surface area contributed by atoms with E-state index in [2.05, 4.69) is 37.2 Å². The smallest absolute Gasteiger partial charge is 0.0228 e. The van der Waals surface area contributed by atoms with Gasteiger partial charge in [0.1, 0.15) is 0 Å². The van der Waals surface area contributed by atoms with Crippen LogP contribution in [0.15, 0.2) is 0 Å². The highest BCUT2D eigenvalue weighted by Crippen LogP contribution is 2.35. The first kappa shape index (κ1) is 13.7. The molecule has 1 saturated heterocycles. The Kier molecular flexibility index (Phi) is 4.43. The molecule has 2 nitrogen and oxygen atoms in total. The van der Waals surface area contributed by atoms with Gasteiger partial charge in [0.2, 0.25) is 0 Å². The first-order valence-corrected chi connectivity index (χ1v) is 8.31. The summed E-state index contributed by atoms with van der Waals surface area (Å²) in [6, 6.07) is 1.52. The number of thioether (sulfide) groups is 1. The number of rotatable bonds is 5. The average molecular weight is 256 g/mol. The Morgan fingerprint density at radius 1 is 1.35 bits per heavy atom. The zero-order valence-corrected chi connectivity index (χ0v) is 12.6. The molecule has 2 unspecified atom stereocenters. The van der Waals surface area contributed by atoms with Gasteiger partial charge in [0.05, 0.1) is 0 Å². The van der Waals surface area contributed by atoms with E-state index in [4.69, 9.17) is 0 Å². The van der Waals surface area contributed by atoms with Gasteiger partial charge < -0.3 is 5.32 Å². The Hall–Kier alpha value is 0.270. The number of nitrogens with one attached hydrogen (secondary N) is 1. The summed E-state index contributed by atoms with van der Waals surface area (Å²) in [5, 5.41) is 3.77. The topological polar surface area (TPSA) is 15.3 Å². The van der Waals surface area contributed by atoms with Crippen LogP contribution in [0.2, 0.25) is 0 Å². The third-order valence-corrected chi connectivity index (χ3v) is 5.60. The van der Waals surface area contributed by atoms with E-state index in [-0.39, 0.29) is 0 Å². The molecule has 2 atom stereocenters. The molecule has 0 bridgehead atoms. The van der Waals surface area contributed by atoms with E-state index in [1.165, 1.54) is 38.9 Å². The van der Waals surface area contributed by atoms with Crippen LogP contribution in [0.1, 0.15) is 40.0 Å². The van der Waals surface area contributed by atoms with Gasteiger partial charge in [0.25, 0.3) is 0 Å². The monoisotopic (exact) mass is 256 g/mol. The van der Waals surface area contributed by atoms with E-state index in [9.17, 15) is 0 Å². The Bertz CT molecular complexity index is 251. The zero-order chi connectivity index (χ0) is 12.5. The summed E-state index contributed by atoms with van der Waals surface area (Å²) in [4.78, 5) is 2.75. The summed E-state index contributed by atoms with van der Waals surface area (Å²) >= 11 is 2.00. The minimum atomic E-state index is 0.388. The van der Waals surface area contributed by atoms with Crippen LogP contribution in [0.5, 0.6) is 0 Å². The molecule has 0 radical (unpaired) electrons. The second kappa shape index (κ2) is 5.50. The SMILES string of the molecule is CCC1CNC(C2CC2)CN1CC(C)(C)SC. The van der Waals surface area contributed by atoms with Crippen LogP contribution in [0.3, 0.4) is 0 Å². The van der Waals surface area contributed by atoms with Crippen molar-refractivity contribution in [3.8, 4) is 0 Å². The molecule has 0 amide bonds. The van der Waals surface area contributed by atoms with Gasteiger partial charge in [-0.1, -0.05) is 6.92 Å². The number of hydrogen-bond donors (Lipinski definition) is 1. The summed E-state index contributed by atoms with van der Waals surface area (Å²) in [7, 11) is 0. The van der Waals surface area contributed by atoms with E-state index in [1.807, 2.05) is 11.8 Å². The minimum absolute atomic E-state index is 0.388. The quantitative estimate of drug-likeness (QED) is 0.814. The molecule has 0 spiro atoms. The molecule has 100 valence electrons. The van der Waals surface area contributed by atoms with Gasteiger partial charge in [0, 0.05) is 36.5 Å². The van der Waals surface area contributed by atoms with Gasteiger partial charge in [-0.25, -0.2) is 0 Å². The second-order valence-corrected chi connectivity index (χ2v) is 7.82. The lowest BCUT2D eigenvalue weighted by atomic mass is 10.0. The summed E-state index contributed by atoms with van der Waals surface area (Å²) in [5.41, 5.74) is 0. The van der Waals surface area contributed by atoms with Crippen LogP contribution in [0, 0.1) is 5.92 Å². The summed E-state index contributed by atoms with van der Waals surface area (Å²) in [6.07, 6.45) is 6.42. The first-order valence-electron chi connectivity index (χ1n) is 7.08. The first-order chi connectivity index (χ1) is 8.05. The maximum absolute atomic E-state index is 3.77. The molecule has 0 aromatic carbocycles. The Labute approximate surface area is 111 Å². The molecular weight excluding hydrogens is 228 g/mol. The number of nitrogens with zero attached hydrogens (tertiary/aromatic N) is 1. The van der Waals surface area contributed by atoms with Gasteiger partial charge in [-0.15, -0.1) is 0 Å². The van der Waals surface area contributed by atoms with E-state index in [0.717, 1.165) is 18.0 Å². The van der Waals surface area contributed by atoms with Gasteiger partial charge in [0.15, 0.2) is 0 Å². The molecule has 2 fully saturated rings. The highest BCUT2D eigenvalue weighted by atomic mass is 32.2. The van der Waals surface area contributed by atoms with Crippen molar-refractivity contribution in [3.63, 3.8) is 0 Å². The lowest BCUT2D eigenvalue weighted by Crippen LogP contribution is -2.59. The fourth-order valence-electron chi connectivity index (χ4n) is 2.85. The molecule has 2 rings (SSSR count). The third kappa shape index (κ3) is 3.62. The predicted molar refractivity (Wildman–Crippen MR) is 77.8 cm³/mol. The van der Waals surface area contributed by atoms with Gasteiger partial charge >= 0.3 is 0 Å². The Balaban J connectivity index is 1.94. The van der Waals surface area contributed by atoms with Crippen molar-refractivity contribution < 1.29 is 0 Å². The maximum Gasteiger partial charge on any atom is 0.0228 e. The van der Waals surface area contributed by atoms with Crippen LogP contribution >= 0.6 is 11.8 Å². The normalized spacial score (nSPS) is 31.8. The van der Waals surface area contributed by atoms with Crippen LogP contribution in [-0.2, 0) is 0 Å². The van der Waals surface area contributed by atoms with Crippen LogP contribution in [-0.4, -0.2) is 47.6 Å². The van der Waals surface area contributed by atoms with E-state index >= 15 is 0 Å². The molecule has 1 N–H and O–H groups in total. The fraction of sp³-hybridized carbons (Fsp3) is 1.00. The zero-order valence-electron chi connectivity index (χ0n) is 11.8. The fourth-order valence-corrected chi connectivity index (χ4v) is 3.14. The van der Waals surface area contributed by atoms with Crippen molar-refractivity contribution >= 4 is 11.8 Å². The Morgan fingerprint density at radius 2 is 2.06 bits per heavy atom. The van der Waals surface area contributed by atoms with Gasteiger partial charge in [-0.05, 0) is 45.3 Å². The van der Waals surface area contributed by atoms with Crippen molar-refractivity contribution in [2.24, 2.45) is 5.92 Å². The molecule has 0 aromatic rings. The second-order valence-electron chi connectivity index (χ2n) is 6.31. The summed E-state index contributed by atoms with van der Waals surface area (Å²) in [5.74, 6) is 0.979. The molecule has 1 saturated carbocycles. The Morgan fingerprint density at radius 3 is 2.59 bits per heavy atom. The van der Waals surface area contributed by atoms with Gasteiger partial charge in [-0.3, -0.25) is 4.90 Å². The molecular formula is C14H28N2S. The third-order valence-electron chi connectivity index (χ3n) is 4.36. The number of piperazine rings is 1. The van der Waals surface area contributed by atoms with Crippen molar-refractivity contribution in [2.75, 3.05) is 25.9 Å². The average Bonchev–Trinajstić information content (AvgIpc) is 3.12. The standard InChI is InChI=1S/C14H28N2S/c1-5-12-8-15-13(11-6-7-11)9-16(12)10-14(2,3)17-4/h11-13,15H,5-10H2,1-4H3. The maximum atomic E-state index is 3.77. The molecule has 0 aromatic heterocycles. The molecule has 1 aliphatic heterocycles. The minimum Gasteiger partial charge on any atom is -0.311 e. The molecule has 17 heavy (non-hydrogen) atoms. The molecule has 1 heterocycles. The van der Waals surface area contributed by atoms with E-state index in [1.54, 1.807) is 0 Å². The predicted octanol–water partition coefficient (Wildman–Crippen LogP) is 2.59. The molecule has 2 aliphatic rings. The summed E-state index contributed by atoms with van der Waals surface area (Å²) < 4.78 is 0.388. The van der Waals surface area contributed by atoms with Crippen molar-refractivity contribution in [2.45, 2.75) is 56.9 Å². The van der Waals surface area contributed by atoms with Gasteiger partial charge in [-0.2, -0.15) is 11.8 Å². The number of hydrogen-bond acceptors (Lipinski definition) is 3. The molecule has 3 heteroatoms. The van der Waals surface area contributed by atoms with Crippen molar-refractivity contribution in [3.05, 3.63) is 0 Å². The van der Waals surface area contributed by atoms with Crippen molar-refractivity contribution in [1.82, 2.24) is 10.2 Å². The highest BCUT2D eigenvalue weighted by molar-refractivity contribution is 7.99. The lowest BCUT2D eigenvalue weighted by molar-refractivity contribution is 0.111. The van der Waals surface area contributed by atoms with E-state index in [0.29, 0.717) is 4.75 Å². The van der Waals surface area contributed by atoms with Crippen molar-refractivity contribution in [1.29, 1.82) is 0 Å². The molecule has 1 aliphatic carbocycles. The highest BCUT2D eigenvalue weighted by Gasteiger charge is 2.37. The van der Waals surface area contributed by atoms with Crippen LogP contribution < -0.4 is 5.32 Å².